The number of hydrogen-bond acceptors (Lipinski definition) is 4. The summed E-state index contributed by atoms with van der Waals surface area (Å²) >= 11 is 0. The molecule has 0 radical (unpaired) electrons. The van der Waals surface area contributed by atoms with Crippen molar-refractivity contribution < 1.29 is 9.21 Å². The molecule has 31 heavy (non-hydrogen) atoms. The van der Waals surface area contributed by atoms with Gasteiger partial charge in [-0.15, -0.1) is 0 Å². The standard InChI is InChI=1S/C24H35N5O2/c1-5-25-23(27-17-24(13-6-7-14-24)22(30)29(3)4)26-15-12-20-16-31-21(28-20)19-10-8-18(2)9-11-19/h8-11,16H,5-7,12-15,17H2,1-4H3,(H2,25,26,27). The molecule has 3 rings (SSSR count). The number of carbonyl (C=O) groups is 1. The lowest BCUT2D eigenvalue weighted by Crippen LogP contribution is -2.43. The molecule has 0 saturated heterocycles. The van der Waals surface area contributed by atoms with Gasteiger partial charge in [0.1, 0.15) is 6.26 Å². The minimum Gasteiger partial charge on any atom is -0.444 e. The zero-order valence-corrected chi connectivity index (χ0v) is 19.2. The number of aryl methyl sites for hydroxylation is 1. The summed E-state index contributed by atoms with van der Waals surface area (Å²) < 4.78 is 5.65. The number of aliphatic imine (C=N–C) groups is 1. The molecule has 7 nitrogen and oxygen atoms in total. The van der Waals surface area contributed by atoms with Crippen LogP contribution < -0.4 is 10.6 Å². The first-order chi connectivity index (χ1) is 14.9. The molecule has 2 N–H and O–H groups in total. The fourth-order valence-corrected chi connectivity index (χ4v) is 4.10. The third-order valence-corrected chi connectivity index (χ3v) is 5.83. The second-order valence-electron chi connectivity index (χ2n) is 8.57. The third-order valence-electron chi connectivity index (χ3n) is 5.83. The van der Waals surface area contributed by atoms with Crippen molar-refractivity contribution in [3.8, 4) is 11.5 Å². The van der Waals surface area contributed by atoms with Crippen LogP contribution in [-0.2, 0) is 11.2 Å². The van der Waals surface area contributed by atoms with Crippen molar-refractivity contribution in [3.63, 3.8) is 0 Å². The predicted molar refractivity (Wildman–Crippen MR) is 124 cm³/mol. The Kier molecular flexibility index (Phi) is 7.71. The van der Waals surface area contributed by atoms with Crippen LogP contribution in [-0.4, -0.2) is 55.5 Å². The quantitative estimate of drug-likeness (QED) is 0.500. The molecule has 168 valence electrons. The summed E-state index contributed by atoms with van der Waals surface area (Å²) in [4.78, 5) is 23.8. The highest BCUT2D eigenvalue weighted by Gasteiger charge is 2.42. The number of nitrogens with one attached hydrogen (secondary N) is 2. The van der Waals surface area contributed by atoms with Crippen molar-refractivity contribution in [2.24, 2.45) is 10.4 Å². The zero-order valence-electron chi connectivity index (χ0n) is 19.2. The van der Waals surface area contributed by atoms with E-state index in [2.05, 4.69) is 34.7 Å². The number of rotatable bonds is 8. The number of hydrogen-bond donors (Lipinski definition) is 2. The lowest BCUT2D eigenvalue weighted by atomic mass is 9.85. The second kappa shape index (κ2) is 10.5. The Bertz CT molecular complexity index is 880. The van der Waals surface area contributed by atoms with E-state index in [1.807, 2.05) is 33.2 Å². The van der Waals surface area contributed by atoms with Gasteiger partial charge in [0, 0.05) is 39.2 Å². The van der Waals surface area contributed by atoms with Crippen LogP contribution in [0.25, 0.3) is 11.5 Å². The third kappa shape index (κ3) is 5.87. The molecule has 1 aliphatic rings. The fourth-order valence-electron chi connectivity index (χ4n) is 4.10. The Balaban J connectivity index is 1.58. The maximum absolute atomic E-state index is 12.8. The van der Waals surface area contributed by atoms with Crippen molar-refractivity contribution >= 4 is 11.9 Å². The number of guanidine groups is 1. The average Bonchev–Trinajstić information content (AvgIpc) is 3.42. The van der Waals surface area contributed by atoms with Crippen molar-refractivity contribution in [3.05, 3.63) is 41.8 Å². The van der Waals surface area contributed by atoms with E-state index in [0.717, 1.165) is 55.9 Å². The predicted octanol–water partition coefficient (Wildman–Crippen LogP) is 3.40. The van der Waals surface area contributed by atoms with Crippen molar-refractivity contribution in [2.75, 3.05) is 33.7 Å². The Labute approximate surface area is 185 Å². The van der Waals surface area contributed by atoms with Gasteiger partial charge in [-0.1, -0.05) is 30.5 Å². The van der Waals surface area contributed by atoms with Gasteiger partial charge in [-0.3, -0.25) is 9.79 Å². The Morgan fingerprint density at radius 1 is 1.19 bits per heavy atom. The van der Waals surface area contributed by atoms with Crippen molar-refractivity contribution in [1.29, 1.82) is 0 Å². The minimum atomic E-state index is -0.360. The molecular formula is C24H35N5O2. The molecule has 0 aliphatic heterocycles. The highest BCUT2D eigenvalue weighted by atomic mass is 16.3. The number of carbonyl (C=O) groups excluding carboxylic acids is 1. The zero-order chi connectivity index (χ0) is 22.3. The van der Waals surface area contributed by atoms with Crippen LogP contribution in [0.1, 0.15) is 43.9 Å². The maximum atomic E-state index is 12.8. The SMILES string of the molecule is CCNC(=NCC1(C(=O)N(C)C)CCCC1)NCCc1coc(-c2ccc(C)cc2)n1. The summed E-state index contributed by atoms with van der Waals surface area (Å²) in [5.41, 5.74) is 2.73. The molecule has 1 saturated carbocycles. The van der Waals surface area contributed by atoms with Crippen molar-refractivity contribution in [2.45, 2.75) is 46.0 Å². The van der Waals surface area contributed by atoms with Crippen LogP contribution in [0.3, 0.4) is 0 Å². The van der Waals surface area contributed by atoms with E-state index in [4.69, 9.17) is 9.41 Å². The molecular weight excluding hydrogens is 390 g/mol. The van der Waals surface area contributed by atoms with Crippen LogP contribution in [0, 0.1) is 12.3 Å². The van der Waals surface area contributed by atoms with Gasteiger partial charge in [0.2, 0.25) is 11.8 Å². The van der Waals surface area contributed by atoms with E-state index >= 15 is 0 Å². The average molecular weight is 426 g/mol. The van der Waals surface area contributed by atoms with Crippen molar-refractivity contribution in [1.82, 2.24) is 20.5 Å². The number of benzene rings is 1. The molecule has 0 unspecified atom stereocenters. The van der Waals surface area contributed by atoms with E-state index in [-0.39, 0.29) is 11.3 Å². The largest absolute Gasteiger partial charge is 0.444 e. The summed E-state index contributed by atoms with van der Waals surface area (Å²) in [5.74, 6) is 1.57. The fraction of sp³-hybridized carbons (Fsp3) is 0.542. The number of amides is 1. The van der Waals surface area contributed by atoms with E-state index in [9.17, 15) is 4.79 Å². The van der Waals surface area contributed by atoms with Gasteiger partial charge in [-0.25, -0.2) is 4.98 Å². The molecule has 1 heterocycles. The molecule has 0 spiro atoms. The first kappa shape index (κ1) is 22.8. The van der Waals surface area contributed by atoms with E-state index in [0.29, 0.717) is 19.0 Å². The molecule has 1 fully saturated rings. The van der Waals surface area contributed by atoms with Crippen LogP contribution in [0.2, 0.25) is 0 Å². The molecule has 0 bridgehead atoms. The van der Waals surface area contributed by atoms with E-state index in [1.165, 1.54) is 5.56 Å². The Morgan fingerprint density at radius 3 is 2.55 bits per heavy atom. The van der Waals surface area contributed by atoms with Crippen LogP contribution >= 0.6 is 0 Å². The Hall–Kier alpha value is -2.83. The van der Waals surface area contributed by atoms with Gasteiger partial charge in [-0.2, -0.15) is 0 Å². The smallest absolute Gasteiger partial charge is 0.230 e. The summed E-state index contributed by atoms with van der Waals surface area (Å²) in [6.07, 6.45) is 6.44. The molecule has 1 aromatic carbocycles. The first-order valence-electron chi connectivity index (χ1n) is 11.2. The lowest BCUT2D eigenvalue weighted by Gasteiger charge is -2.29. The summed E-state index contributed by atoms with van der Waals surface area (Å²) in [5, 5.41) is 6.65. The molecule has 1 amide bonds. The summed E-state index contributed by atoms with van der Waals surface area (Å²) in [7, 11) is 3.66. The first-order valence-corrected chi connectivity index (χ1v) is 11.2. The maximum Gasteiger partial charge on any atom is 0.230 e. The van der Waals surface area contributed by atoms with Gasteiger partial charge in [0.05, 0.1) is 17.7 Å². The monoisotopic (exact) mass is 425 g/mol. The van der Waals surface area contributed by atoms with Gasteiger partial charge >= 0.3 is 0 Å². The highest BCUT2D eigenvalue weighted by molar-refractivity contribution is 5.84. The minimum absolute atomic E-state index is 0.191. The summed E-state index contributed by atoms with van der Waals surface area (Å²) in [6.45, 7) is 6.06. The molecule has 1 aromatic heterocycles. The summed E-state index contributed by atoms with van der Waals surface area (Å²) in [6, 6.07) is 8.15. The number of nitrogens with zero attached hydrogens (tertiary/aromatic N) is 3. The van der Waals surface area contributed by atoms with Gasteiger partial charge in [0.15, 0.2) is 5.96 Å². The topological polar surface area (TPSA) is 82.8 Å². The van der Waals surface area contributed by atoms with E-state index in [1.54, 1.807) is 11.2 Å². The second-order valence-corrected chi connectivity index (χ2v) is 8.57. The molecule has 0 atom stereocenters. The Morgan fingerprint density at radius 2 is 1.90 bits per heavy atom. The van der Waals surface area contributed by atoms with Gasteiger partial charge in [-0.05, 0) is 38.8 Å². The van der Waals surface area contributed by atoms with Gasteiger partial charge in [0.25, 0.3) is 0 Å². The van der Waals surface area contributed by atoms with Gasteiger partial charge < -0.3 is 20.0 Å². The molecule has 2 aromatic rings. The van der Waals surface area contributed by atoms with Crippen LogP contribution in [0.15, 0.2) is 39.9 Å². The van der Waals surface area contributed by atoms with Crippen LogP contribution in [0.5, 0.6) is 0 Å². The van der Waals surface area contributed by atoms with E-state index < -0.39 is 0 Å². The number of oxazole rings is 1. The highest BCUT2D eigenvalue weighted by Crippen LogP contribution is 2.39. The number of aromatic nitrogens is 1. The lowest BCUT2D eigenvalue weighted by molar-refractivity contribution is -0.138. The normalized spacial score (nSPS) is 15.7. The molecule has 1 aliphatic carbocycles. The molecule has 7 heteroatoms. The van der Waals surface area contributed by atoms with Crippen LogP contribution in [0.4, 0.5) is 0 Å².